The van der Waals surface area contributed by atoms with Crippen molar-refractivity contribution in [3.63, 3.8) is 0 Å². The van der Waals surface area contributed by atoms with E-state index in [1.807, 2.05) is 15.6 Å². The summed E-state index contributed by atoms with van der Waals surface area (Å²) in [7, 11) is 0. The summed E-state index contributed by atoms with van der Waals surface area (Å²) < 4.78 is 1.88. The molecule has 2 aliphatic carbocycles. The first-order valence-corrected chi connectivity index (χ1v) is 10.0. The van der Waals surface area contributed by atoms with Crippen LogP contribution in [0.5, 0.6) is 0 Å². The Balaban J connectivity index is 1.43. The molecular formula is C19H29N5O2. The minimum atomic E-state index is -0.401. The standard InChI is InChI=1S/C19H29N5O2/c20-17(13-5-2-1-3-6-13)19(26)23-9-4-10-24-15(12-23)11-16(22-24)18(25)21-14-7-8-14/h11,13-14,17H,1-10,12,20H2,(H,21,25)/t17-/m0/s1. The lowest BCUT2D eigenvalue weighted by Crippen LogP contribution is -2.48. The zero-order valence-electron chi connectivity index (χ0n) is 15.3. The van der Waals surface area contributed by atoms with Crippen molar-refractivity contribution in [1.29, 1.82) is 0 Å². The molecule has 0 aromatic carbocycles. The van der Waals surface area contributed by atoms with Crippen molar-refractivity contribution in [3.8, 4) is 0 Å². The van der Waals surface area contributed by atoms with Crippen LogP contribution < -0.4 is 11.1 Å². The van der Waals surface area contributed by atoms with E-state index in [0.717, 1.165) is 44.3 Å². The highest BCUT2D eigenvalue weighted by atomic mass is 16.2. The van der Waals surface area contributed by atoms with E-state index in [2.05, 4.69) is 10.4 Å². The Labute approximate surface area is 154 Å². The molecule has 7 nitrogen and oxygen atoms in total. The van der Waals surface area contributed by atoms with Gasteiger partial charge in [-0.1, -0.05) is 19.3 Å². The number of nitrogens with zero attached hydrogens (tertiary/aromatic N) is 3. The third-order valence-electron chi connectivity index (χ3n) is 5.91. The van der Waals surface area contributed by atoms with Crippen LogP contribution in [-0.4, -0.2) is 45.1 Å². The van der Waals surface area contributed by atoms with Gasteiger partial charge in [-0.15, -0.1) is 0 Å². The van der Waals surface area contributed by atoms with Gasteiger partial charge in [-0.2, -0.15) is 5.10 Å². The predicted octanol–water partition coefficient (Wildman–Crippen LogP) is 1.42. The molecule has 3 aliphatic rings. The van der Waals surface area contributed by atoms with Crippen LogP contribution in [-0.2, 0) is 17.9 Å². The van der Waals surface area contributed by atoms with Gasteiger partial charge in [-0.25, -0.2) is 0 Å². The molecule has 2 heterocycles. The van der Waals surface area contributed by atoms with Gasteiger partial charge in [0.2, 0.25) is 5.91 Å². The average Bonchev–Trinajstić information content (AvgIpc) is 3.43. The average molecular weight is 359 g/mol. The predicted molar refractivity (Wildman–Crippen MR) is 97.3 cm³/mol. The number of nitrogens with one attached hydrogen (secondary N) is 1. The molecule has 1 aliphatic heterocycles. The molecule has 4 rings (SSSR count). The molecule has 0 bridgehead atoms. The minimum absolute atomic E-state index is 0.0514. The molecule has 26 heavy (non-hydrogen) atoms. The lowest BCUT2D eigenvalue weighted by Gasteiger charge is -2.30. The van der Waals surface area contributed by atoms with E-state index >= 15 is 0 Å². The smallest absolute Gasteiger partial charge is 0.272 e. The largest absolute Gasteiger partial charge is 0.348 e. The summed E-state index contributed by atoms with van der Waals surface area (Å²) in [6.07, 6.45) is 8.68. The van der Waals surface area contributed by atoms with Crippen molar-refractivity contribution in [1.82, 2.24) is 20.0 Å². The van der Waals surface area contributed by atoms with Gasteiger partial charge in [0, 0.05) is 19.1 Å². The second kappa shape index (κ2) is 7.39. The Morgan fingerprint density at radius 2 is 1.88 bits per heavy atom. The number of hydrogen-bond acceptors (Lipinski definition) is 4. The number of rotatable bonds is 4. The zero-order valence-corrected chi connectivity index (χ0v) is 15.3. The quantitative estimate of drug-likeness (QED) is 0.850. The lowest BCUT2D eigenvalue weighted by atomic mass is 9.83. The number of carbonyl (C=O) groups is 2. The van der Waals surface area contributed by atoms with Crippen LogP contribution in [0.4, 0.5) is 0 Å². The number of aromatic nitrogens is 2. The lowest BCUT2D eigenvalue weighted by molar-refractivity contribution is -0.134. The summed E-state index contributed by atoms with van der Waals surface area (Å²) in [5, 5.41) is 7.43. The third kappa shape index (κ3) is 3.77. The monoisotopic (exact) mass is 359 g/mol. The van der Waals surface area contributed by atoms with Crippen molar-refractivity contribution in [2.24, 2.45) is 11.7 Å². The first-order valence-electron chi connectivity index (χ1n) is 10.0. The van der Waals surface area contributed by atoms with Gasteiger partial charge in [-0.05, 0) is 44.1 Å². The van der Waals surface area contributed by atoms with Crippen molar-refractivity contribution in [2.45, 2.75) is 76.5 Å². The van der Waals surface area contributed by atoms with Gasteiger partial charge in [0.05, 0.1) is 18.3 Å². The summed E-state index contributed by atoms with van der Waals surface area (Å²) in [6, 6.07) is 1.74. The van der Waals surface area contributed by atoms with Crippen LogP contribution in [0.15, 0.2) is 6.07 Å². The number of hydrogen-bond donors (Lipinski definition) is 2. The van der Waals surface area contributed by atoms with E-state index in [1.165, 1.54) is 19.3 Å². The Morgan fingerprint density at radius 3 is 2.62 bits per heavy atom. The summed E-state index contributed by atoms with van der Waals surface area (Å²) in [4.78, 5) is 27.1. The van der Waals surface area contributed by atoms with Crippen LogP contribution in [0.1, 0.15) is 67.5 Å². The van der Waals surface area contributed by atoms with Gasteiger partial charge in [0.25, 0.3) is 5.91 Å². The maximum absolute atomic E-state index is 12.9. The maximum Gasteiger partial charge on any atom is 0.272 e. The summed E-state index contributed by atoms with van der Waals surface area (Å²) in [5.74, 6) is 0.254. The van der Waals surface area contributed by atoms with Crippen molar-refractivity contribution in [2.75, 3.05) is 6.54 Å². The zero-order chi connectivity index (χ0) is 18.1. The first kappa shape index (κ1) is 17.5. The molecule has 142 valence electrons. The summed E-state index contributed by atoms with van der Waals surface area (Å²) in [5.41, 5.74) is 7.71. The summed E-state index contributed by atoms with van der Waals surface area (Å²) >= 11 is 0. The first-order chi connectivity index (χ1) is 12.6. The minimum Gasteiger partial charge on any atom is -0.348 e. The van der Waals surface area contributed by atoms with E-state index < -0.39 is 6.04 Å². The van der Waals surface area contributed by atoms with E-state index in [-0.39, 0.29) is 11.8 Å². The van der Waals surface area contributed by atoms with E-state index in [0.29, 0.717) is 30.7 Å². The molecule has 1 aromatic rings. The number of nitrogens with two attached hydrogens (primary N) is 1. The molecule has 7 heteroatoms. The van der Waals surface area contributed by atoms with Crippen LogP contribution in [0, 0.1) is 5.92 Å². The second-order valence-corrected chi connectivity index (χ2v) is 8.03. The van der Waals surface area contributed by atoms with Crippen molar-refractivity contribution >= 4 is 11.8 Å². The highest BCUT2D eigenvalue weighted by Gasteiger charge is 2.31. The number of amides is 2. The molecule has 2 fully saturated rings. The fraction of sp³-hybridized carbons (Fsp3) is 0.737. The fourth-order valence-electron chi connectivity index (χ4n) is 4.15. The van der Waals surface area contributed by atoms with Crippen LogP contribution in [0.25, 0.3) is 0 Å². The Kier molecular flexibility index (Phi) is 4.98. The number of fused-ring (bicyclic) bond motifs is 1. The molecule has 0 saturated heterocycles. The molecule has 2 amide bonds. The summed E-state index contributed by atoms with van der Waals surface area (Å²) in [6.45, 7) is 1.92. The SMILES string of the molecule is N[C@H](C(=O)N1CCCn2nc(C(=O)NC3CC3)cc2C1)C1CCCCC1. The maximum atomic E-state index is 12.9. The van der Waals surface area contributed by atoms with Crippen molar-refractivity contribution < 1.29 is 9.59 Å². The highest BCUT2D eigenvalue weighted by molar-refractivity contribution is 5.92. The number of carbonyl (C=O) groups excluding carboxylic acids is 2. The van der Waals surface area contributed by atoms with Gasteiger partial charge in [0.1, 0.15) is 0 Å². The van der Waals surface area contributed by atoms with E-state index in [4.69, 9.17) is 5.73 Å². The molecule has 1 aromatic heterocycles. The van der Waals surface area contributed by atoms with Gasteiger partial charge in [-0.3, -0.25) is 14.3 Å². The highest BCUT2D eigenvalue weighted by Crippen LogP contribution is 2.27. The Hall–Kier alpha value is -1.89. The molecule has 0 unspecified atom stereocenters. The van der Waals surface area contributed by atoms with Crippen molar-refractivity contribution in [3.05, 3.63) is 17.5 Å². The third-order valence-corrected chi connectivity index (χ3v) is 5.91. The van der Waals surface area contributed by atoms with E-state index in [1.54, 1.807) is 0 Å². The number of aryl methyl sites for hydroxylation is 1. The second-order valence-electron chi connectivity index (χ2n) is 8.03. The topological polar surface area (TPSA) is 93.2 Å². The van der Waals surface area contributed by atoms with Gasteiger partial charge >= 0.3 is 0 Å². The molecule has 3 N–H and O–H groups in total. The molecule has 1 atom stereocenters. The van der Waals surface area contributed by atoms with Gasteiger partial charge < -0.3 is 16.0 Å². The normalized spacial score (nSPS) is 22.4. The van der Waals surface area contributed by atoms with Crippen LogP contribution in [0.3, 0.4) is 0 Å². The van der Waals surface area contributed by atoms with Crippen LogP contribution >= 0.6 is 0 Å². The Morgan fingerprint density at radius 1 is 1.12 bits per heavy atom. The molecule has 2 saturated carbocycles. The van der Waals surface area contributed by atoms with Gasteiger partial charge in [0.15, 0.2) is 5.69 Å². The Bertz CT molecular complexity index is 675. The van der Waals surface area contributed by atoms with E-state index in [9.17, 15) is 9.59 Å². The molecule has 0 radical (unpaired) electrons. The molecule has 0 spiro atoms. The fourth-order valence-corrected chi connectivity index (χ4v) is 4.15. The molecular weight excluding hydrogens is 330 g/mol. The van der Waals surface area contributed by atoms with Crippen LogP contribution in [0.2, 0.25) is 0 Å².